The topological polar surface area (TPSA) is 62.9 Å². The summed E-state index contributed by atoms with van der Waals surface area (Å²) in [6.07, 6.45) is 0.635. The van der Waals surface area contributed by atoms with E-state index in [0.717, 1.165) is 22.6 Å². The molecule has 1 aromatic carbocycles. The second-order valence-electron chi connectivity index (χ2n) is 3.53. The molecular formula is C12H19NO4. The SMILES string of the molecule is COCc1cc(OC)c(CCON)c(OC)c1. The Kier molecular flexibility index (Phi) is 5.76. The molecule has 0 radical (unpaired) electrons. The Morgan fingerprint density at radius 1 is 1.06 bits per heavy atom. The van der Waals surface area contributed by atoms with Crippen molar-refractivity contribution in [2.45, 2.75) is 13.0 Å². The molecule has 0 saturated heterocycles. The van der Waals surface area contributed by atoms with Crippen LogP contribution in [-0.4, -0.2) is 27.9 Å². The molecule has 0 fully saturated rings. The van der Waals surface area contributed by atoms with Crippen molar-refractivity contribution in [1.29, 1.82) is 0 Å². The second kappa shape index (κ2) is 7.11. The minimum absolute atomic E-state index is 0.413. The van der Waals surface area contributed by atoms with Crippen molar-refractivity contribution in [2.24, 2.45) is 5.90 Å². The molecule has 0 aliphatic rings. The van der Waals surface area contributed by atoms with Crippen LogP contribution in [0.4, 0.5) is 0 Å². The van der Waals surface area contributed by atoms with E-state index in [4.69, 9.17) is 20.1 Å². The zero-order valence-electron chi connectivity index (χ0n) is 10.5. The Labute approximate surface area is 101 Å². The van der Waals surface area contributed by atoms with E-state index in [2.05, 4.69) is 4.84 Å². The summed E-state index contributed by atoms with van der Waals surface area (Å²) in [7, 11) is 4.89. The average molecular weight is 241 g/mol. The van der Waals surface area contributed by atoms with Gasteiger partial charge in [-0.3, -0.25) is 0 Å². The van der Waals surface area contributed by atoms with Gasteiger partial charge in [-0.1, -0.05) is 0 Å². The van der Waals surface area contributed by atoms with Gasteiger partial charge in [0.1, 0.15) is 11.5 Å². The molecule has 5 heteroatoms. The Morgan fingerprint density at radius 2 is 1.65 bits per heavy atom. The second-order valence-corrected chi connectivity index (χ2v) is 3.53. The standard InChI is InChI=1S/C12H19NO4/c1-14-8-9-6-11(15-2)10(4-5-17-13)12(7-9)16-3/h6-7H,4-5,8,13H2,1-3H3. The molecule has 0 amide bonds. The highest BCUT2D eigenvalue weighted by atomic mass is 16.6. The summed E-state index contributed by atoms with van der Waals surface area (Å²) in [5, 5.41) is 0. The quantitative estimate of drug-likeness (QED) is 0.729. The molecule has 2 N–H and O–H groups in total. The monoisotopic (exact) mass is 241 g/mol. The summed E-state index contributed by atoms with van der Waals surface area (Å²) in [5.41, 5.74) is 1.94. The fraction of sp³-hybridized carbons (Fsp3) is 0.500. The molecule has 0 heterocycles. The van der Waals surface area contributed by atoms with E-state index in [-0.39, 0.29) is 0 Å². The third-order valence-corrected chi connectivity index (χ3v) is 2.45. The molecule has 1 rings (SSSR count). The lowest BCUT2D eigenvalue weighted by Gasteiger charge is -2.14. The van der Waals surface area contributed by atoms with Crippen LogP contribution in [-0.2, 0) is 22.6 Å². The van der Waals surface area contributed by atoms with Crippen molar-refractivity contribution in [2.75, 3.05) is 27.9 Å². The van der Waals surface area contributed by atoms with Crippen molar-refractivity contribution in [3.05, 3.63) is 23.3 Å². The highest BCUT2D eigenvalue weighted by Gasteiger charge is 2.12. The Bertz CT molecular complexity index is 329. The van der Waals surface area contributed by atoms with Crippen LogP contribution in [0.25, 0.3) is 0 Å². The van der Waals surface area contributed by atoms with Crippen molar-refractivity contribution < 1.29 is 19.0 Å². The summed E-state index contributed by atoms with van der Waals surface area (Å²) in [6.45, 7) is 0.927. The molecule has 0 unspecified atom stereocenters. The van der Waals surface area contributed by atoms with Crippen LogP contribution in [0.15, 0.2) is 12.1 Å². The largest absolute Gasteiger partial charge is 0.496 e. The van der Waals surface area contributed by atoms with Gasteiger partial charge in [-0.05, 0) is 17.7 Å². The number of hydrogen-bond donors (Lipinski definition) is 1. The third kappa shape index (κ3) is 3.59. The molecule has 0 spiro atoms. The first-order valence-corrected chi connectivity index (χ1v) is 5.31. The number of hydrogen-bond acceptors (Lipinski definition) is 5. The molecule has 0 aliphatic carbocycles. The van der Waals surface area contributed by atoms with Crippen LogP contribution >= 0.6 is 0 Å². The summed E-state index contributed by atoms with van der Waals surface area (Å²) in [6, 6.07) is 3.86. The van der Waals surface area contributed by atoms with E-state index in [0.29, 0.717) is 19.6 Å². The average Bonchev–Trinajstić information content (AvgIpc) is 2.36. The summed E-state index contributed by atoms with van der Waals surface area (Å²) in [5.74, 6) is 6.55. The molecule has 0 aliphatic heterocycles. The molecule has 0 atom stereocenters. The molecule has 0 bridgehead atoms. The Morgan fingerprint density at radius 3 is 2.06 bits per heavy atom. The summed E-state index contributed by atoms with van der Waals surface area (Å²) < 4.78 is 15.8. The lowest BCUT2D eigenvalue weighted by atomic mass is 10.1. The number of benzene rings is 1. The van der Waals surface area contributed by atoms with Crippen LogP contribution in [0.3, 0.4) is 0 Å². The van der Waals surface area contributed by atoms with Gasteiger partial charge in [0.2, 0.25) is 0 Å². The summed E-state index contributed by atoms with van der Waals surface area (Å²) >= 11 is 0. The zero-order chi connectivity index (χ0) is 12.7. The highest BCUT2D eigenvalue weighted by molar-refractivity contribution is 5.48. The molecule has 17 heavy (non-hydrogen) atoms. The number of nitrogens with two attached hydrogens (primary N) is 1. The fourth-order valence-electron chi connectivity index (χ4n) is 1.70. The van der Waals surface area contributed by atoms with Crippen LogP contribution in [0.5, 0.6) is 11.5 Å². The number of rotatable bonds is 7. The Hall–Kier alpha value is -1.30. The van der Waals surface area contributed by atoms with Gasteiger partial charge in [0.05, 0.1) is 27.4 Å². The fourth-order valence-corrected chi connectivity index (χ4v) is 1.70. The van der Waals surface area contributed by atoms with Crippen LogP contribution in [0.1, 0.15) is 11.1 Å². The van der Waals surface area contributed by atoms with E-state index in [1.54, 1.807) is 21.3 Å². The lowest BCUT2D eigenvalue weighted by molar-refractivity contribution is 0.140. The molecule has 0 saturated carbocycles. The first-order chi connectivity index (χ1) is 8.26. The van der Waals surface area contributed by atoms with Gasteiger partial charge in [0.25, 0.3) is 0 Å². The van der Waals surface area contributed by atoms with E-state index < -0.39 is 0 Å². The predicted molar refractivity (Wildman–Crippen MR) is 64.1 cm³/mol. The smallest absolute Gasteiger partial charge is 0.126 e. The summed E-state index contributed by atoms with van der Waals surface area (Å²) in [4.78, 5) is 4.59. The van der Waals surface area contributed by atoms with Gasteiger partial charge in [0, 0.05) is 19.1 Å². The van der Waals surface area contributed by atoms with Crippen molar-refractivity contribution in [3.63, 3.8) is 0 Å². The van der Waals surface area contributed by atoms with Crippen molar-refractivity contribution in [1.82, 2.24) is 0 Å². The maximum atomic E-state index is 5.34. The number of methoxy groups -OCH3 is 3. The van der Waals surface area contributed by atoms with Crippen LogP contribution in [0, 0.1) is 0 Å². The molecular weight excluding hydrogens is 222 g/mol. The minimum Gasteiger partial charge on any atom is -0.496 e. The first kappa shape index (κ1) is 13.8. The zero-order valence-corrected chi connectivity index (χ0v) is 10.5. The minimum atomic E-state index is 0.413. The van der Waals surface area contributed by atoms with Crippen molar-refractivity contribution >= 4 is 0 Å². The van der Waals surface area contributed by atoms with Gasteiger partial charge in [-0.15, -0.1) is 0 Å². The van der Waals surface area contributed by atoms with Gasteiger partial charge < -0.3 is 19.0 Å². The molecule has 96 valence electrons. The third-order valence-electron chi connectivity index (χ3n) is 2.45. The maximum Gasteiger partial charge on any atom is 0.126 e. The van der Waals surface area contributed by atoms with E-state index in [1.165, 1.54) is 0 Å². The highest BCUT2D eigenvalue weighted by Crippen LogP contribution is 2.31. The predicted octanol–water partition coefficient (Wildman–Crippen LogP) is 1.28. The Balaban J connectivity index is 3.07. The molecule has 1 aromatic rings. The van der Waals surface area contributed by atoms with E-state index in [9.17, 15) is 0 Å². The van der Waals surface area contributed by atoms with Crippen LogP contribution in [0.2, 0.25) is 0 Å². The van der Waals surface area contributed by atoms with Gasteiger partial charge in [0.15, 0.2) is 0 Å². The van der Waals surface area contributed by atoms with Gasteiger partial charge >= 0.3 is 0 Å². The maximum absolute atomic E-state index is 5.34. The van der Waals surface area contributed by atoms with E-state index in [1.807, 2.05) is 12.1 Å². The first-order valence-electron chi connectivity index (χ1n) is 5.31. The number of ether oxygens (including phenoxy) is 3. The van der Waals surface area contributed by atoms with Gasteiger partial charge in [-0.25, -0.2) is 5.90 Å². The molecule has 5 nitrogen and oxygen atoms in total. The normalized spacial score (nSPS) is 10.4. The molecule has 0 aromatic heterocycles. The van der Waals surface area contributed by atoms with Gasteiger partial charge in [-0.2, -0.15) is 0 Å². The van der Waals surface area contributed by atoms with Crippen LogP contribution < -0.4 is 15.4 Å². The lowest BCUT2D eigenvalue weighted by Crippen LogP contribution is -2.07. The van der Waals surface area contributed by atoms with E-state index >= 15 is 0 Å². The van der Waals surface area contributed by atoms with Crippen molar-refractivity contribution in [3.8, 4) is 11.5 Å².